The molecule has 3 heteroatoms. The maximum atomic E-state index is 9.50. The van der Waals surface area contributed by atoms with Crippen molar-refractivity contribution in [2.45, 2.75) is 0 Å². The van der Waals surface area contributed by atoms with E-state index in [1.54, 1.807) is 24.4 Å². The minimum absolute atomic E-state index is 0.266. The molecule has 0 aliphatic rings. The summed E-state index contributed by atoms with van der Waals surface area (Å²) in [5.41, 5.74) is 1.59. The molecule has 2 aromatic rings. The zero-order chi connectivity index (χ0) is 10.5. The first-order valence-electron chi connectivity index (χ1n) is 4.58. The summed E-state index contributed by atoms with van der Waals surface area (Å²) in [5, 5.41) is 9.50. The molecule has 0 fully saturated rings. The van der Waals surface area contributed by atoms with Crippen LogP contribution in [-0.2, 0) is 0 Å². The van der Waals surface area contributed by atoms with Crippen LogP contribution in [0, 0.1) is 0 Å². The summed E-state index contributed by atoms with van der Waals surface area (Å²) < 4.78 is 0. The largest absolute Gasteiger partial charge is 0.507 e. The van der Waals surface area contributed by atoms with E-state index in [9.17, 15) is 5.11 Å². The molecule has 0 aliphatic carbocycles. The monoisotopic (exact) mass is 198 g/mol. The van der Waals surface area contributed by atoms with Crippen molar-refractivity contribution in [3.05, 3.63) is 54.1 Å². The van der Waals surface area contributed by atoms with Gasteiger partial charge in [0, 0.05) is 11.8 Å². The van der Waals surface area contributed by atoms with Crippen LogP contribution in [0.4, 0.5) is 0 Å². The van der Waals surface area contributed by atoms with Crippen molar-refractivity contribution in [2.24, 2.45) is 0 Å². The lowest BCUT2D eigenvalue weighted by atomic mass is 10.2. The van der Waals surface area contributed by atoms with Gasteiger partial charge in [0.05, 0.1) is 5.69 Å². The number of para-hydroxylation sites is 1. The number of rotatable bonds is 2. The standard InChI is InChI=1S/C12H10N2O/c15-12-4-2-1-3-10(12)5-6-11-7-8-13-9-14-11/h1-9,15H/b6-5+. The van der Waals surface area contributed by atoms with Gasteiger partial charge in [-0.2, -0.15) is 0 Å². The third-order valence-corrected chi connectivity index (χ3v) is 1.98. The summed E-state index contributed by atoms with van der Waals surface area (Å²) in [5.74, 6) is 0.266. The average molecular weight is 198 g/mol. The van der Waals surface area contributed by atoms with Crippen LogP contribution in [0.3, 0.4) is 0 Å². The summed E-state index contributed by atoms with van der Waals surface area (Å²) in [7, 11) is 0. The number of nitrogens with zero attached hydrogens (tertiary/aromatic N) is 2. The highest BCUT2D eigenvalue weighted by molar-refractivity contribution is 5.70. The number of aromatic nitrogens is 2. The lowest BCUT2D eigenvalue weighted by Gasteiger charge is -1.96. The number of hydrogen-bond acceptors (Lipinski definition) is 3. The van der Waals surface area contributed by atoms with Crippen LogP contribution >= 0.6 is 0 Å². The van der Waals surface area contributed by atoms with Gasteiger partial charge in [-0.1, -0.05) is 18.2 Å². The SMILES string of the molecule is Oc1ccccc1/C=C/c1ccncn1. The van der Waals surface area contributed by atoms with E-state index in [1.807, 2.05) is 24.3 Å². The molecule has 3 nitrogen and oxygen atoms in total. The second-order valence-electron chi connectivity index (χ2n) is 3.03. The number of phenolic OH excluding ortho intramolecular Hbond substituents is 1. The number of phenols is 1. The molecule has 74 valence electrons. The van der Waals surface area contributed by atoms with Gasteiger partial charge in [0.1, 0.15) is 12.1 Å². The van der Waals surface area contributed by atoms with Crippen molar-refractivity contribution in [3.8, 4) is 5.75 Å². The van der Waals surface area contributed by atoms with Gasteiger partial charge in [-0.15, -0.1) is 0 Å². The quantitative estimate of drug-likeness (QED) is 0.805. The van der Waals surface area contributed by atoms with Gasteiger partial charge in [0.15, 0.2) is 0 Å². The second kappa shape index (κ2) is 4.37. The van der Waals surface area contributed by atoms with Crippen LogP contribution in [0.25, 0.3) is 12.2 Å². The number of benzene rings is 1. The van der Waals surface area contributed by atoms with Crippen LogP contribution in [0.2, 0.25) is 0 Å². The Balaban J connectivity index is 2.23. The Morgan fingerprint density at radius 1 is 1.07 bits per heavy atom. The predicted molar refractivity (Wildman–Crippen MR) is 59.1 cm³/mol. The van der Waals surface area contributed by atoms with E-state index in [0.29, 0.717) is 0 Å². The zero-order valence-corrected chi connectivity index (χ0v) is 8.04. The summed E-state index contributed by atoms with van der Waals surface area (Å²) in [4.78, 5) is 7.87. The van der Waals surface area contributed by atoms with Crippen LogP contribution in [0.5, 0.6) is 5.75 Å². The van der Waals surface area contributed by atoms with Crippen molar-refractivity contribution in [3.63, 3.8) is 0 Å². The molecule has 0 saturated heterocycles. The van der Waals surface area contributed by atoms with E-state index >= 15 is 0 Å². The van der Waals surface area contributed by atoms with E-state index in [1.165, 1.54) is 6.33 Å². The van der Waals surface area contributed by atoms with Crippen molar-refractivity contribution in [2.75, 3.05) is 0 Å². The third-order valence-electron chi connectivity index (χ3n) is 1.98. The van der Waals surface area contributed by atoms with Crippen LogP contribution in [-0.4, -0.2) is 15.1 Å². The molecule has 0 atom stereocenters. The topological polar surface area (TPSA) is 46.0 Å². The fourth-order valence-corrected chi connectivity index (χ4v) is 1.20. The van der Waals surface area contributed by atoms with Crippen molar-refractivity contribution in [1.29, 1.82) is 0 Å². The normalized spacial score (nSPS) is 10.7. The highest BCUT2D eigenvalue weighted by Gasteiger charge is 1.93. The smallest absolute Gasteiger partial charge is 0.122 e. The fourth-order valence-electron chi connectivity index (χ4n) is 1.20. The minimum Gasteiger partial charge on any atom is -0.507 e. The lowest BCUT2D eigenvalue weighted by molar-refractivity contribution is 0.474. The van der Waals surface area contributed by atoms with Crippen LogP contribution in [0.1, 0.15) is 11.3 Å². The van der Waals surface area contributed by atoms with Gasteiger partial charge >= 0.3 is 0 Å². The van der Waals surface area contributed by atoms with Gasteiger partial charge in [0.25, 0.3) is 0 Å². The molecule has 0 spiro atoms. The lowest BCUT2D eigenvalue weighted by Crippen LogP contribution is -1.80. The van der Waals surface area contributed by atoms with Crippen LogP contribution < -0.4 is 0 Å². The number of hydrogen-bond donors (Lipinski definition) is 1. The summed E-state index contributed by atoms with van der Waals surface area (Å²) >= 11 is 0. The van der Waals surface area contributed by atoms with Crippen LogP contribution in [0.15, 0.2) is 42.9 Å². The average Bonchev–Trinajstić information content (AvgIpc) is 2.29. The van der Waals surface area contributed by atoms with E-state index in [0.717, 1.165) is 11.3 Å². The summed E-state index contributed by atoms with van der Waals surface area (Å²) in [6.07, 6.45) is 6.82. The molecule has 1 N–H and O–H groups in total. The first kappa shape index (κ1) is 9.40. The molecule has 2 rings (SSSR count). The highest BCUT2D eigenvalue weighted by atomic mass is 16.3. The molecule has 15 heavy (non-hydrogen) atoms. The Labute approximate surface area is 87.8 Å². The maximum Gasteiger partial charge on any atom is 0.122 e. The first-order valence-corrected chi connectivity index (χ1v) is 4.58. The highest BCUT2D eigenvalue weighted by Crippen LogP contribution is 2.17. The number of aromatic hydroxyl groups is 1. The van der Waals surface area contributed by atoms with E-state index in [4.69, 9.17) is 0 Å². The van der Waals surface area contributed by atoms with Gasteiger partial charge in [0.2, 0.25) is 0 Å². The van der Waals surface area contributed by atoms with Crippen molar-refractivity contribution >= 4 is 12.2 Å². The Bertz CT molecular complexity index is 466. The Kier molecular flexibility index (Phi) is 2.74. The Hall–Kier alpha value is -2.16. The Morgan fingerprint density at radius 3 is 2.67 bits per heavy atom. The summed E-state index contributed by atoms with van der Waals surface area (Å²) in [6, 6.07) is 8.96. The molecule has 0 aliphatic heterocycles. The fraction of sp³-hybridized carbons (Fsp3) is 0. The van der Waals surface area contributed by atoms with Gasteiger partial charge in [-0.25, -0.2) is 9.97 Å². The Morgan fingerprint density at radius 2 is 1.93 bits per heavy atom. The van der Waals surface area contributed by atoms with Crippen molar-refractivity contribution in [1.82, 2.24) is 9.97 Å². The first-order chi connectivity index (χ1) is 7.36. The molecule has 0 bridgehead atoms. The summed E-state index contributed by atoms with van der Waals surface area (Å²) in [6.45, 7) is 0. The van der Waals surface area contributed by atoms with E-state index < -0.39 is 0 Å². The van der Waals surface area contributed by atoms with Gasteiger partial charge in [-0.3, -0.25) is 0 Å². The predicted octanol–water partition coefficient (Wildman–Crippen LogP) is 2.35. The third kappa shape index (κ3) is 2.40. The van der Waals surface area contributed by atoms with Gasteiger partial charge in [-0.05, 0) is 24.3 Å². The molecular formula is C12H10N2O. The molecular weight excluding hydrogens is 188 g/mol. The van der Waals surface area contributed by atoms with Gasteiger partial charge < -0.3 is 5.11 Å². The zero-order valence-electron chi connectivity index (χ0n) is 8.04. The molecule has 0 unspecified atom stereocenters. The molecule has 0 radical (unpaired) electrons. The molecule has 1 aromatic heterocycles. The second-order valence-corrected chi connectivity index (χ2v) is 3.03. The molecule has 1 aromatic carbocycles. The minimum atomic E-state index is 0.266. The van der Waals surface area contributed by atoms with E-state index in [2.05, 4.69) is 9.97 Å². The van der Waals surface area contributed by atoms with Crippen molar-refractivity contribution < 1.29 is 5.11 Å². The maximum absolute atomic E-state index is 9.50. The molecule has 0 amide bonds. The molecule has 1 heterocycles. The van der Waals surface area contributed by atoms with E-state index in [-0.39, 0.29) is 5.75 Å². The molecule has 0 saturated carbocycles.